The minimum absolute atomic E-state index is 0.224. The number of amides is 5. The first-order valence-corrected chi connectivity index (χ1v) is 12.8. The number of imide groups is 2. The fourth-order valence-corrected chi connectivity index (χ4v) is 5.11. The molecule has 1 saturated heterocycles. The Bertz CT molecular complexity index is 1460. The molecule has 5 amide bonds. The Labute approximate surface area is 233 Å². The van der Waals surface area contributed by atoms with Crippen LogP contribution in [0.5, 0.6) is 5.75 Å². The molecule has 2 N–H and O–H groups in total. The number of anilines is 2. The second-order valence-corrected chi connectivity index (χ2v) is 10.0. The van der Waals surface area contributed by atoms with Gasteiger partial charge in [0.15, 0.2) is 6.61 Å². The number of ether oxygens (including phenoxy) is 1. The molecule has 11 heteroatoms. The molecular weight excluding hydrogens is 630 g/mol. The summed E-state index contributed by atoms with van der Waals surface area (Å²) in [6.07, 6.45) is 1.30. The SMILES string of the molecule is Cc1c(Cl)cccc1N1C(=O)NC(=O)/C(=C/c2cc(Br)cc(Br)c2OCC(=O)Nc2ccccc2)C1=O. The number of hydrogen-bond acceptors (Lipinski definition) is 5. The number of nitrogens with zero attached hydrogens (tertiary/aromatic N) is 1. The molecule has 0 spiro atoms. The van der Waals surface area contributed by atoms with Crippen molar-refractivity contribution in [2.45, 2.75) is 6.92 Å². The number of para-hydroxylation sites is 1. The number of carbonyl (C=O) groups is 4. The Morgan fingerprint density at radius 1 is 1.08 bits per heavy atom. The second kappa shape index (κ2) is 11.3. The molecule has 0 aliphatic carbocycles. The van der Waals surface area contributed by atoms with Crippen LogP contribution >= 0.6 is 43.5 Å². The zero-order chi connectivity index (χ0) is 26.7. The van der Waals surface area contributed by atoms with Crippen molar-refractivity contribution in [3.05, 3.63) is 91.3 Å². The van der Waals surface area contributed by atoms with Crippen molar-refractivity contribution in [3.63, 3.8) is 0 Å². The van der Waals surface area contributed by atoms with E-state index < -0.39 is 23.8 Å². The molecule has 0 aromatic heterocycles. The van der Waals surface area contributed by atoms with E-state index in [1.165, 1.54) is 6.08 Å². The van der Waals surface area contributed by atoms with Crippen LogP contribution in [0.4, 0.5) is 16.2 Å². The summed E-state index contributed by atoms with van der Waals surface area (Å²) in [5.74, 6) is -1.88. The monoisotopic (exact) mass is 645 g/mol. The van der Waals surface area contributed by atoms with Crippen LogP contribution in [0.1, 0.15) is 11.1 Å². The fraction of sp³-hybridized carbons (Fsp3) is 0.0769. The fourth-order valence-electron chi connectivity index (χ4n) is 3.57. The number of carbonyl (C=O) groups excluding carboxylic acids is 4. The molecule has 1 aliphatic heterocycles. The lowest BCUT2D eigenvalue weighted by molar-refractivity contribution is -0.122. The summed E-state index contributed by atoms with van der Waals surface area (Å²) < 4.78 is 6.87. The van der Waals surface area contributed by atoms with Gasteiger partial charge < -0.3 is 10.1 Å². The van der Waals surface area contributed by atoms with E-state index in [1.807, 2.05) is 6.07 Å². The van der Waals surface area contributed by atoms with Crippen molar-refractivity contribution in [3.8, 4) is 5.75 Å². The Morgan fingerprint density at radius 3 is 2.54 bits per heavy atom. The maximum absolute atomic E-state index is 13.4. The van der Waals surface area contributed by atoms with Gasteiger partial charge in [-0.3, -0.25) is 19.7 Å². The normalized spacial score (nSPS) is 14.5. The summed E-state index contributed by atoms with van der Waals surface area (Å²) in [5, 5.41) is 5.27. The molecule has 1 fully saturated rings. The molecule has 1 heterocycles. The predicted molar refractivity (Wildman–Crippen MR) is 148 cm³/mol. The van der Waals surface area contributed by atoms with E-state index in [1.54, 1.807) is 61.5 Å². The highest BCUT2D eigenvalue weighted by molar-refractivity contribution is 9.11. The molecule has 3 aromatic carbocycles. The highest BCUT2D eigenvalue weighted by Gasteiger charge is 2.38. The third-order valence-corrected chi connectivity index (χ3v) is 6.78. The zero-order valence-corrected chi connectivity index (χ0v) is 23.1. The third kappa shape index (κ3) is 5.93. The van der Waals surface area contributed by atoms with Crippen LogP contribution in [0.3, 0.4) is 0 Å². The molecule has 188 valence electrons. The largest absolute Gasteiger partial charge is 0.482 e. The van der Waals surface area contributed by atoms with E-state index in [-0.39, 0.29) is 23.6 Å². The molecule has 0 radical (unpaired) electrons. The molecule has 0 unspecified atom stereocenters. The van der Waals surface area contributed by atoms with Gasteiger partial charge in [0, 0.05) is 20.7 Å². The predicted octanol–water partition coefficient (Wildman–Crippen LogP) is 5.86. The molecule has 3 aromatic rings. The first-order chi connectivity index (χ1) is 17.7. The van der Waals surface area contributed by atoms with Crippen molar-refractivity contribution in [1.29, 1.82) is 0 Å². The molecule has 0 bridgehead atoms. The van der Waals surface area contributed by atoms with E-state index in [0.29, 0.717) is 30.8 Å². The van der Waals surface area contributed by atoms with Gasteiger partial charge in [0.1, 0.15) is 11.3 Å². The summed E-state index contributed by atoms with van der Waals surface area (Å²) in [7, 11) is 0. The number of nitrogens with one attached hydrogen (secondary N) is 2. The van der Waals surface area contributed by atoms with Gasteiger partial charge >= 0.3 is 6.03 Å². The zero-order valence-electron chi connectivity index (χ0n) is 19.2. The Balaban J connectivity index is 1.66. The van der Waals surface area contributed by atoms with Crippen LogP contribution < -0.4 is 20.3 Å². The van der Waals surface area contributed by atoms with Gasteiger partial charge in [-0.25, -0.2) is 9.69 Å². The summed E-state index contributed by atoms with van der Waals surface area (Å²) in [4.78, 5) is 51.9. The average molecular weight is 648 g/mol. The lowest BCUT2D eigenvalue weighted by atomic mass is 10.0. The maximum atomic E-state index is 13.4. The highest BCUT2D eigenvalue weighted by Crippen LogP contribution is 2.36. The van der Waals surface area contributed by atoms with Crippen LogP contribution in [-0.4, -0.2) is 30.4 Å². The molecule has 4 rings (SSSR count). The lowest BCUT2D eigenvalue weighted by Crippen LogP contribution is -2.54. The highest BCUT2D eigenvalue weighted by atomic mass is 79.9. The molecule has 37 heavy (non-hydrogen) atoms. The van der Waals surface area contributed by atoms with Crippen molar-refractivity contribution >= 4 is 84.7 Å². The maximum Gasteiger partial charge on any atom is 0.335 e. The Morgan fingerprint density at radius 2 is 1.81 bits per heavy atom. The summed E-state index contributed by atoms with van der Waals surface area (Å²) in [5.41, 5.74) is 1.38. The van der Waals surface area contributed by atoms with Crippen LogP contribution in [0, 0.1) is 6.92 Å². The van der Waals surface area contributed by atoms with Gasteiger partial charge in [-0.2, -0.15) is 0 Å². The van der Waals surface area contributed by atoms with E-state index >= 15 is 0 Å². The quantitative estimate of drug-likeness (QED) is 0.258. The standard InChI is InChI=1S/C26H18Br2ClN3O5/c1-14-20(29)8-5-9-21(14)32-25(35)18(24(34)31-26(32)36)11-15-10-16(27)12-19(28)23(15)37-13-22(33)30-17-6-3-2-4-7-17/h2-12H,13H2,1H3,(H,30,33)(H,31,34,36)/b18-11-. The van der Waals surface area contributed by atoms with Crippen LogP contribution in [0.15, 0.2) is 75.2 Å². The number of urea groups is 1. The van der Waals surface area contributed by atoms with E-state index in [4.69, 9.17) is 16.3 Å². The summed E-state index contributed by atoms with van der Waals surface area (Å²) in [6.45, 7) is 1.33. The minimum Gasteiger partial charge on any atom is -0.482 e. The number of rotatable bonds is 6. The number of barbiturate groups is 1. The van der Waals surface area contributed by atoms with Crippen molar-refractivity contribution in [1.82, 2.24) is 5.32 Å². The van der Waals surface area contributed by atoms with Crippen LogP contribution in [0.25, 0.3) is 6.08 Å². The first kappa shape index (κ1) is 26.6. The molecule has 8 nitrogen and oxygen atoms in total. The number of halogens is 3. The summed E-state index contributed by atoms with van der Waals surface area (Å²) >= 11 is 13.0. The second-order valence-electron chi connectivity index (χ2n) is 7.85. The third-order valence-electron chi connectivity index (χ3n) is 5.32. The number of hydrogen-bond donors (Lipinski definition) is 2. The van der Waals surface area contributed by atoms with E-state index in [9.17, 15) is 19.2 Å². The lowest BCUT2D eigenvalue weighted by Gasteiger charge is -2.28. The molecule has 0 atom stereocenters. The Hall–Kier alpha value is -3.47. The smallest absolute Gasteiger partial charge is 0.335 e. The van der Waals surface area contributed by atoms with Gasteiger partial charge in [0.25, 0.3) is 17.7 Å². The Kier molecular flexibility index (Phi) is 8.11. The number of benzene rings is 3. The first-order valence-electron chi connectivity index (χ1n) is 10.8. The average Bonchev–Trinajstić information content (AvgIpc) is 2.84. The van der Waals surface area contributed by atoms with Gasteiger partial charge in [-0.05, 0) is 70.9 Å². The van der Waals surface area contributed by atoms with Crippen LogP contribution in [0.2, 0.25) is 5.02 Å². The van der Waals surface area contributed by atoms with Crippen LogP contribution in [-0.2, 0) is 14.4 Å². The van der Waals surface area contributed by atoms with Crippen molar-refractivity contribution < 1.29 is 23.9 Å². The van der Waals surface area contributed by atoms with Gasteiger partial charge in [0.2, 0.25) is 0 Å². The topological polar surface area (TPSA) is 105 Å². The van der Waals surface area contributed by atoms with E-state index in [2.05, 4.69) is 42.5 Å². The van der Waals surface area contributed by atoms with Gasteiger partial charge in [-0.1, -0.05) is 51.8 Å². The van der Waals surface area contributed by atoms with Crippen molar-refractivity contribution in [2.24, 2.45) is 0 Å². The molecule has 0 saturated carbocycles. The minimum atomic E-state index is -0.887. The van der Waals surface area contributed by atoms with E-state index in [0.717, 1.165) is 4.90 Å². The summed E-state index contributed by atoms with van der Waals surface area (Å²) in [6, 6.07) is 16.1. The molecule has 1 aliphatic rings. The van der Waals surface area contributed by atoms with Gasteiger partial charge in [0.05, 0.1) is 10.2 Å². The van der Waals surface area contributed by atoms with Gasteiger partial charge in [-0.15, -0.1) is 0 Å². The van der Waals surface area contributed by atoms with Crippen molar-refractivity contribution in [2.75, 3.05) is 16.8 Å². The molecular formula is C26H18Br2ClN3O5.